The van der Waals surface area contributed by atoms with Crippen LogP contribution in [0.4, 0.5) is 5.00 Å². The van der Waals surface area contributed by atoms with E-state index in [2.05, 4.69) is 5.32 Å². The van der Waals surface area contributed by atoms with E-state index in [9.17, 15) is 14.4 Å². The maximum Gasteiger partial charge on any atom is 0.349 e. The lowest BCUT2D eigenvalue weighted by molar-refractivity contribution is -0.114. The van der Waals surface area contributed by atoms with Crippen LogP contribution in [0.15, 0.2) is 30.3 Å². The van der Waals surface area contributed by atoms with Crippen molar-refractivity contribution >= 4 is 34.2 Å². The first-order valence-corrected chi connectivity index (χ1v) is 9.25. The van der Waals surface area contributed by atoms with E-state index in [1.165, 1.54) is 6.92 Å². The molecule has 144 valence electrons. The van der Waals surface area contributed by atoms with Gasteiger partial charge in [-0.1, -0.05) is 30.3 Å². The van der Waals surface area contributed by atoms with Crippen LogP contribution >= 0.6 is 11.3 Å². The third-order valence-corrected chi connectivity index (χ3v) is 4.62. The molecule has 1 N–H and O–H groups in total. The Morgan fingerprint density at radius 3 is 2.26 bits per heavy atom. The summed E-state index contributed by atoms with van der Waals surface area (Å²) in [5, 5.41) is 2.88. The molecule has 27 heavy (non-hydrogen) atoms. The molecule has 0 bridgehead atoms. The lowest BCUT2D eigenvalue weighted by Crippen LogP contribution is -2.25. The summed E-state index contributed by atoms with van der Waals surface area (Å²) in [5.41, 5.74) is 0.759. The minimum Gasteiger partial charge on any atom is -0.457 e. The van der Waals surface area contributed by atoms with E-state index in [0.717, 1.165) is 16.9 Å². The predicted octanol–water partition coefficient (Wildman–Crippen LogP) is 4.33. The number of carbonyl (C=O) groups is 3. The SMILES string of the molecule is CC(=O)Nc1sc(C(=O)OCc2ccccc2)c(C)c1C(=O)OC(C)(C)C. The number of esters is 2. The van der Waals surface area contributed by atoms with Crippen LogP contribution in [0.3, 0.4) is 0 Å². The Morgan fingerprint density at radius 2 is 1.70 bits per heavy atom. The second-order valence-corrected chi connectivity index (χ2v) is 8.03. The monoisotopic (exact) mass is 389 g/mol. The number of rotatable bonds is 5. The molecule has 1 amide bonds. The highest BCUT2D eigenvalue weighted by molar-refractivity contribution is 7.18. The molecule has 1 aromatic heterocycles. The molecule has 1 aromatic carbocycles. The van der Waals surface area contributed by atoms with Crippen molar-refractivity contribution < 1.29 is 23.9 Å². The maximum atomic E-state index is 12.6. The van der Waals surface area contributed by atoms with E-state index < -0.39 is 17.5 Å². The summed E-state index contributed by atoms with van der Waals surface area (Å²) in [6.45, 7) is 8.34. The molecule has 0 aliphatic carbocycles. The highest BCUT2D eigenvalue weighted by atomic mass is 32.1. The predicted molar refractivity (Wildman–Crippen MR) is 104 cm³/mol. The van der Waals surface area contributed by atoms with Crippen LogP contribution in [0, 0.1) is 6.92 Å². The standard InChI is InChI=1S/C20H23NO5S/c1-12-15(18(23)26-20(3,4)5)17(21-13(2)22)27-16(12)19(24)25-11-14-9-7-6-8-10-14/h6-10H,11H2,1-5H3,(H,21,22). The van der Waals surface area contributed by atoms with E-state index in [1.54, 1.807) is 27.7 Å². The fourth-order valence-corrected chi connectivity index (χ4v) is 3.45. The van der Waals surface area contributed by atoms with Gasteiger partial charge in [0.05, 0.1) is 5.56 Å². The highest BCUT2D eigenvalue weighted by Crippen LogP contribution is 2.35. The number of benzene rings is 1. The van der Waals surface area contributed by atoms with E-state index >= 15 is 0 Å². The molecule has 0 radical (unpaired) electrons. The Morgan fingerprint density at radius 1 is 1.07 bits per heavy atom. The summed E-state index contributed by atoms with van der Waals surface area (Å²) in [7, 11) is 0. The van der Waals surface area contributed by atoms with E-state index in [0.29, 0.717) is 5.56 Å². The summed E-state index contributed by atoms with van der Waals surface area (Å²) in [4.78, 5) is 36.9. The third kappa shape index (κ3) is 5.65. The molecule has 7 heteroatoms. The van der Waals surface area contributed by atoms with Gasteiger partial charge in [0.15, 0.2) is 0 Å². The van der Waals surface area contributed by atoms with Crippen LogP contribution in [0.2, 0.25) is 0 Å². The molecule has 6 nitrogen and oxygen atoms in total. The molecule has 0 aliphatic rings. The van der Waals surface area contributed by atoms with Gasteiger partial charge in [-0.15, -0.1) is 11.3 Å². The topological polar surface area (TPSA) is 81.7 Å². The first-order valence-electron chi connectivity index (χ1n) is 8.44. The first kappa shape index (κ1) is 20.6. The van der Waals surface area contributed by atoms with Crippen LogP contribution < -0.4 is 5.32 Å². The van der Waals surface area contributed by atoms with Gasteiger partial charge in [-0.25, -0.2) is 9.59 Å². The van der Waals surface area contributed by atoms with Crippen molar-refractivity contribution in [2.24, 2.45) is 0 Å². The number of hydrogen-bond donors (Lipinski definition) is 1. The van der Waals surface area contributed by atoms with E-state index in [-0.39, 0.29) is 28.0 Å². The maximum absolute atomic E-state index is 12.6. The summed E-state index contributed by atoms with van der Waals surface area (Å²) in [5.74, 6) is -1.49. The van der Waals surface area contributed by atoms with Crippen LogP contribution in [0.25, 0.3) is 0 Å². The van der Waals surface area contributed by atoms with Gasteiger partial charge in [-0.05, 0) is 38.8 Å². The van der Waals surface area contributed by atoms with E-state index in [1.807, 2.05) is 30.3 Å². The smallest absolute Gasteiger partial charge is 0.349 e. The summed E-state index contributed by atoms with van der Waals surface area (Å²) < 4.78 is 10.8. The zero-order valence-corrected chi connectivity index (χ0v) is 16.9. The van der Waals surface area contributed by atoms with Crippen molar-refractivity contribution in [3.05, 3.63) is 51.9 Å². The average Bonchev–Trinajstić information content (AvgIpc) is 2.87. The van der Waals surface area contributed by atoms with Crippen molar-refractivity contribution in [1.82, 2.24) is 0 Å². The zero-order valence-electron chi connectivity index (χ0n) is 16.0. The Balaban J connectivity index is 2.29. The molecular formula is C20H23NO5S. The van der Waals surface area contributed by atoms with Crippen LogP contribution in [0.5, 0.6) is 0 Å². The Bertz CT molecular complexity index is 849. The molecule has 0 spiro atoms. The Labute approximate surface area is 162 Å². The van der Waals surface area contributed by atoms with Crippen LogP contribution in [0.1, 0.15) is 58.9 Å². The molecule has 2 rings (SSSR count). The van der Waals surface area contributed by atoms with Crippen LogP contribution in [-0.4, -0.2) is 23.4 Å². The normalized spacial score (nSPS) is 11.0. The molecule has 0 atom stereocenters. The van der Waals surface area contributed by atoms with Crippen molar-refractivity contribution in [2.45, 2.75) is 46.8 Å². The van der Waals surface area contributed by atoms with Crippen LogP contribution in [-0.2, 0) is 20.9 Å². The zero-order chi connectivity index (χ0) is 20.2. The first-order chi connectivity index (χ1) is 12.6. The fraction of sp³-hybridized carbons (Fsp3) is 0.350. The number of ether oxygens (including phenoxy) is 2. The highest BCUT2D eigenvalue weighted by Gasteiger charge is 2.29. The summed E-state index contributed by atoms with van der Waals surface area (Å²) in [6, 6.07) is 9.29. The molecule has 0 saturated carbocycles. The number of anilines is 1. The van der Waals surface area contributed by atoms with Gasteiger partial charge in [-0.2, -0.15) is 0 Å². The van der Waals surface area contributed by atoms with Gasteiger partial charge in [0.1, 0.15) is 22.1 Å². The van der Waals surface area contributed by atoms with E-state index in [4.69, 9.17) is 9.47 Å². The second kappa shape index (κ2) is 8.35. The quantitative estimate of drug-likeness (QED) is 0.770. The lowest BCUT2D eigenvalue weighted by atomic mass is 10.1. The minimum atomic E-state index is -0.701. The Hall–Kier alpha value is -2.67. The lowest BCUT2D eigenvalue weighted by Gasteiger charge is -2.20. The van der Waals surface area contributed by atoms with Crippen molar-refractivity contribution in [2.75, 3.05) is 5.32 Å². The number of amides is 1. The number of carbonyl (C=O) groups excluding carboxylic acids is 3. The van der Waals surface area contributed by atoms with Gasteiger partial charge in [0.25, 0.3) is 0 Å². The second-order valence-electron chi connectivity index (χ2n) is 7.01. The molecule has 0 saturated heterocycles. The third-order valence-electron chi connectivity index (χ3n) is 3.44. The van der Waals surface area contributed by atoms with Gasteiger partial charge in [0.2, 0.25) is 5.91 Å². The molecule has 2 aromatic rings. The van der Waals surface area contributed by atoms with Crippen molar-refractivity contribution in [3.63, 3.8) is 0 Å². The van der Waals surface area contributed by atoms with Crippen molar-refractivity contribution in [3.8, 4) is 0 Å². The molecule has 0 unspecified atom stereocenters. The fourth-order valence-electron chi connectivity index (χ4n) is 2.32. The minimum absolute atomic E-state index is 0.119. The molecule has 0 aliphatic heterocycles. The number of thiophene rings is 1. The largest absolute Gasteiger partial charge is 0.457 e. The van der Waals surface area contributed by atoms with Gasteiger partial charge < -0.3 is 14.8 Å². The summed E-state index contributed by atoms with van der Waals surface area (Å²) in [6.07, 6.45) is 0. The van der Waals surface area contributed by atoms with Crippen molar-refractivity contribution in [1.29, 1.82) is 0 Å². The average molecular weight is 389 g/mol. The molecular weight excluding hydrogens is 366 g/mol. The number of nitrogens with one attached hydrogen (secondary N) is 1. The Kier molecular flexibility index (Phi) is 6.38. The molecule has 0 fully saturated rings. The molecule has 1 heterocycles. The van der Waals surface area contributed by atoms with Gasteiger partial charge >= 0.3 is 11.9 Å². The number of hydrogen-bond acceptors (Lipinski definition) is 6. The summed E-state index contributed by atoms with van der Waals surface area (Å²) >= 11 is 1.00. The van der Waals surface area contributed by atoms with Gasteiger partial charge in [0, 0.05) is 6.92 Å². The van der Waals surface area contributed by atoms with Gasteiger partial charge in [-0.3, -0.25) is 4.79 Å².